The summed E-state index contributed by atoms with van der Waals surface area (Å²) in [5.41, 5.74) is 2.26. The van der Waals surface area contributed by atoms with Gasteiger partial charge in [0.1, 0.15) is 5.01 Å². The molecule has 23 heavy (non-hydrogen) atoms. The lowest BCUT2D eigenvalue weighted by Crippen LogP contribution is -2.44. The third kappa shape index (κ3) is 5.28. The van der Waals surface area contributed by atoms with E-state index in [4.69, 9.17) is 4.98 Å². The van der Waals surface area contributed by atoms with Crippen LogP contribution in [0, 0.1) is 6.92 Å². The summed E-state index contributed by atoms with van der Waals surface area (Å²) in [4.78, 5) is 12.8. The minimum Gasteiger partial charge on any atom is -0.314 e. The Balaban J connectivity index is 0.00000161. The van der Waals surface area contributed by atoms with Gasteiger partial charge in [0.15, 0.2) is 0 Å². The maximum atomic E-state index is 4.73. The topological polar surface area (TPSA) is 41.1 Å². The average molecular weight is 398 g/mol. The molecule has 1 aliphatic heterocycles. The quantitative estimate of drug-likeness (QED) is 0.856. The van der Waals surface area contributed by atoms with Crippen LogP contribution in [0.5, 0.6) is 0 Å². The molecule has 0 spiro atoms. The van der Waals surface area contributed by atoms with Gasteiger partial charge in [-0.3, -0.25) is 9.88 Å². The van der Waals surface area contributed by atoms with E-state index < -0.39 is 0 Å². The first kappa shape index (κ1) is 22.6. The average Bonchev–Trinajstić information content (AvgIpc) is 2.90. The molecule has 3 rings (SSSR count). The summed E-state index contributed by atoms with van der Waals surface area (Å²) in [7, 11) is 0. The number of halogens is 3. The van der Waals surface area contributed by atoms with Gasteiger partial charge in [-0.15, -0.1) is 48.6 Å². The molecular weight excluding hydrogens is 375 g/mol. The number of nitrogens with one attached hydrogen (secondary N) is 1. The summed E-state index contributed by atoms with van der Waals surface area (Å²) in [5.74, 6) is 0. The second kappa shape index (κ2) is 10.4. The third-order valence-corrected chi connectivity index (χ3v) is 5.20. The van der Waals surface area contributed by atoms with Gasteiger partial charge in [-0.05, 0) is 26.0 Å². The number of rotatable bonds is 3. The van der Waals surface area contributed by atoms with Crippen molar-refractivity contribution >= 4 is 48.6 Å². The van der Waals surface area contributed by atoms with Gasteiger partial charge in [0.25, 0.3) is 0 Å². The molecule has 1 saturated heterocycles. The Morgan fingerprint density at radius 3 is 2.52 bits per heavy atom. The molecule has 0 aromatic carbocycles. The van der Waals surface area contributed by atoms with Gasteiger partial charge < -0.3 is 5.32 Å². The number of aryl methyl sites for hydroxylation is 1. The van der Waals surface area contributed by atoms with Crippen molar-refractivity contribution in [2.75, 3.05) is 26.2 Å². The van der Waals surface area contributed by atoms with Crippen molar-refractivity contribution in [3.8, 4) is 10.6 Å². The number of piperazine rings is 1. The second-order valence-corrected chi connectivity index (χ2v) is 6.20. The standard InChI is InChI=1S/C15H20N4S.3ClH/c1-11-14(12(2)19-8-6-16-7-9-19)20-15(18-11)13-4-3-5-17-10-13;;;/h3-5,10,12,16H,6-9H2,1-2H3;3*1H. The number of nitrogens with zero attached hydrogens (tertiary/aromatic N) is 3. The number of aromatic nitrogens is 2. The highest BCUT2D eigenvalue weighted by Crippen LogP contribution is 2.33. The fourth-order valence-corrected chi connectivity index (χ4v) is 3.79. The largest absolute Gasteiger partial charge is 0.314 e. The van der Waals surface area contributed by atoms with Crippen molar-refractivity contribution in [1.29, 1.82) is 0 Å². The van der Waals surface area contributed by atoms with E-state index in [9.17, 15) is 0 Å². The first-order valence-corrected chi connectivity index (χ1v) is 7.90. The van der Waals surface area contributed by atoms with E-state index in [1.54, 1.807) is 17.5 Å². The van der Waals surface area contributed by atoms with Crippen LogP contribution in [0.1, 0.15) is 23.5 Å². The first-order valence-electron chi connectivity index (χ1n) is 7.08. The van der Waals surface area contributed by atoms with Gasteiger partial charge in [0.05, 0.1) is 5.69 Å². The molecule has 0 amide bonds. The highest BCUT2D eigenvalue weighted by molar-refractivity contribution is 7.15. The van der Waals surface area contributed by atoms with Gasteiger partial charge in [0.2, 0.25) is 0 Å². The minimum atomic E-state index is 0. The fraction of sp³-hybridized carbons (Fsp3) is 0.467. The predicted octanol–water partition coefficient (Wildman–Crippen LogP) is 3.75. The van der Waals surface area contributed by atoms with E-state index >= 15 is 0 Å². The van der Waals surface area contributed by atoms with E-state index in [-0.39, 0.29) is 37.2 Å². The minimum absolute atomic E-state index is 0. The molecule has 0 bridgehead atoms. The van der Waals surface area contributed by atoms with E-state index in [1.165, 1.54) is 4.88 Å². The monoisotopic (exact) mass is 396 g/mol. The summed E-state index contributed by atoms with van der Waals surface area (Å²) in [5, 5.41) is 4.48. The van der Waals surface area contributed by atoms with Gasteiger partial charge in [0, 0.05) is 55.1 Å². The van der Waals surface area contributed by atoms with Crippen LogP contribution in [-0.4, -0.2) is 41.0 Å². The third-order valence-electron chi connectivity index (χ3n) is 3.82. The number of pyridine rings is 1. The van der Waals surface area contributed by atoms with Crippen LogP contribution < -0.4 is 5.32 Å². The Kier molecular flexibility index (Phi) is 10.2. The van der Waals surface area contributed by atoms with Crippen LogP contribution in [-0.2, 0) is 0 Å². The van der Waals surface area contributed by atoms with Crippen molar-refractivity contribution in [3.05, 3.63) is 35.1 Å². The van der Waals surface area contributed by atoms with Crippen LogP contribution in [0.4, 0.5) is 0 Å². The highest BCUT2D eigenvalue weighted by atomic mass is 35.5. The molecule has 4 nitrogen and oxygen atoms in total. The highest BCUT2D eigenvalue weighted by Gasteiger charge is 2.22. The molecule has 2 aromatic rings. The van der Waals surface area contributed by atoms with Crippen LogP contribution in [0.3, 0.4) is 0 Å². The molecule has 1 N–H and O–H groups in total. The molecule has 1 atom stereocenters. The van der Waals surface area contributed by atoms with E-state index in [1.807, 2.05) is 12.3 Å². The van der Waals surface area contributed by atoms with Crippen LogP contribution >= 0.6 is 48.6 Å². The lowest BCUT2D eigenvalue weighted by Gasteiger charge is -2.32. The first-order chi connectivity index (χ1) is 9.75. The Labute approximate surface area is 160 Å². The molecule has 1 fully saturated rings. The van der Waals surface area contributed by atoms with Gasteiger partial charge in [-0.1, -0.05) is 0 Å². The van der Waals surface area contributed by atoms with Crippen molar-refractivity contribution in [2.45, 2.75) is 19.9 Å². The van der Waals surface area contributed by atoms with Crippen molar-refractivity contribution in [2.24, 2.45) is 0 Å². The lowest BCUT2D eigenvalue weighted by atomic mass is 10.2. The Morgan fingerprint density at radius 2 is 1.91 bits per heavy atom. The van der Waals surface area contributed by atoms with Crippen molar-refractivity contribution < 1.29 is 0 Å². The van der Waals surface area contributed by atoms with Gasteiger partial charge in [-0.2, -0.15) is 0 Å². The summed E-state index contributed by atoms with van der Waals surface area (Å²) in [6, 6.07) is 4.48. The van der Waals surface area contributed by atoms with Crippen molar-refractivity contribution in [1.82, 2.24) is 20.2 Å². The summed E-state index contributed by atoms with van der Waals surface area (Å²) in [6.07, 6.45) is 3.69. The predicted molar refractivity (Wildman–Crippen MR) is 105 cm³/mol. The lowest BCUT2D eigenvalue weighted by molar-refractivity contribution is 0.187. The molecular formula is C15H23Cl3N4S. The molecule has 8 heteroatoms. The summed E-state index contributed by atoms with van der Waals surface area (Å²) >= 11 is 1.80. The maximum Gasteiger partial charge on any atom is 0.125 e. The Bertz CT molecular complexity index is 573. The zero-order valence-corrected chi connectivity index (χ0v) is 16.5. The van der Waals surface area contributed by atoms with Gasteiger partial charge >= 0.3 is 0 Å². The van der Waals surface area contributed by atoms with Crippen LogP contribution in [0.15, 0.2) is 24.5 Å². The Hall–Kier alpha value is -0.430. The van der Waals surface area contributed by atoms with E-state index in [2.05, 4.69) is 35.1 Å². The molecule has 2 aromatic heterocycles. The molecule has 1 aliphatic rings. The molecule has 0 radical (unpaired) electrons. The van der Waals surface area contributed by atoms with E-state index in [0.29, 0.717) is 6.04 Å². The Morgan fingerprint density at radius 1 is 1.22 bits per heavy atom. The number of hydrogen-bond acceptors (Lipinski definition) is 5. The number of hydrogen-bond donors (Lipinski definition) is 1. The molecule has 0 aliphatic carbocycles. The van der Waals surface area contributed by atoms with E-state index in [0.717, 1.165) is 42.4 Å². The van der Waals surface area contributed by atoms with Gasteiger partial charge in [-0.25, -0.2) is 4.98 Å². The molecule has 1 unspecified atom stereocenters. The molecule has 0 saturated carbocycles. The zero-order chi connectivity index (χ0) is 13.9. The number of thiazole rings is 1. The normalized spacial score (nSPS) is 15.7. The van der Waals surface area contributed by atoms with Crippen LogP contribution in [0.25, 0.3) is 10.6 Å². The van der Waals surface area contributed by atoms with Crippen LogP contribution in [0.2, 0.25) is 0 Å². The molecule has 3 heterocycles. The molecule has 130 valence electrons. The maximum absolute atomic E-state index is 4.73. The smallest absolute Gasteiger partial charge is 0.125 e. The SMILES string of the molecule is Cc1nc(-c2cccnc2)sc1C(C)N1CCNCC1.Cl.Cl.Cl. The summed E-state index contributed by atoms with van der Waals surface area (Å²) in [6.45, 7) is 8.79. The fourth-order valence-electron chi connectivity index (χ4n) is 2.64. The zero-order valence-electron chi connectivity index (χ0n) is 13.2. The second-order valence-electron chi connectivity index (χ2n) is 5.17. The summed E-state index contributed by atoms with van der Waals surface area (Å²) < 4.78 is 0. The van der Waals surface area contributed by atoms with Crippen molar-refractivity contribution in [3.63, 3.8) is 0 Å².